The van der Waals surface area contributed by atoms with E-state index in [1.54, 1.807) is 11.3 Å². The zero-order valence-electron chi connectivity index (χ0n) is 16.0. The number of aliphatic hydroxyl groups excluding tert-OH is 1. The maximum atomic E-state index is 13.2. The molecule has 2 heterocycles. The summed E-state index contributed by atoms with van der Waals surface area (Å²) in [7, 11) is 0. The average molecular weight is 404 g/mol. The minimum absolute atomic E-state index is 0.183. The summed E-state index contributed by atoms with van der Waals surface area (Å²) in [5.41, 5.74) is -0.394. The number of fused-ring (bicyclic) bond motifs is 2. The molecule has 5 aromatic rings. The molecular formula is C24H21NO3S. The van der Waals surface area contributed by atoms with E-state index in [1.165, 1.54) is 9.27 Å². The molecule has 0 fully saturated rings. The summed E-state index contributed by atoms with van der Waals surface area (Å²) in [5.74, 6) is 0. The lowest BCUT2D eigenvalue weighted by molar-refractivity contribution is 0.282. The lowest BCUT2D eigenvalue weighted by Gasteiger charge is -2.14. The molecular weight excluding hydrogens is 382 g/mol. The molecule has 0 aliphatic rings. The second-order valence-corrected chi connectivity index (χ2v) is 8.60. The Bertz CT molecular complexity index is 1430. The highest BCUT2D eigenvalue weighted by atomic mass is 32.1. The second-order valence-electron chi connectivity index (χ2n) is 7.52. The quantitative estimate of drug-likeness (QED) is 0.250. The molecule has 5 heteroatoms. The number of aliphatic hydroxyl groups is 1. The number of hydrogen-bond acceptors (Lipinski definition) is 4. The summed E-state index contributed by atoms with van der Waals surface area (Å²) in [5, 5.41) is 14.2. The van der Waals surface area contributed by atoms with Gasteiger partial charge in [-0.05, 0) is 47.9 Å². The van der Waals surface area contributed by atoms with Gasteiger partial charge in [0, 0.05) is 44.1 Å². The van der Waals surface area contributed by atoms with Crippen molar-refractivity contribution in [2.45, 2.75) is 32.2 Å². The predicted molar refractivity (Wildman–Crippen MR) is 122 cm³/mol. The average Bonchev–Trinajstić information content (AvgIpc) is 2.75. The van der Waals surface area contributed by atoms with Crippen molar-refractivity contribution in [3.63, 3.8) is 0 Å². The number of benzene rings is 3. The molecule has 0 saturated heterocycles. The monoisotopic (exact) mass is 403 g/mol. The van der Waals surface area contributed by atoms with Crippen molar-refractivity contribution < 1.29 is 5.11 Å². The molecule has 4 nitrogen and oxygen atoms in total. The normalized spacial score (nSPS) is 12.0. The zero-order chi connectivity index (χ0) is 20.0. The van der Waals surface area contributed by atoms with E-state index in [4.69, 9.17) is 5.11 Å². The van der Waals surface area contributed by atoms with Crippen molar-refractivity contribution in [2.24, 2.45) is 0 Å². The van der Waals surface area contributed by atoms with Gasteiger partial charge in [-0.2, -0.15) is 0 Å². The fourth-order valence-electron chi connectivity index (χ4n) is 4.35. The van der Waals surface area contributed by atoms with Crippen molar-refractivity contribution >= 4 is 53.1 Å². The molecule has 0 aliphatic carbocycles. The first-order chi connectivity index (χ1) is 14.2. The third kappa shape index (κ3) is 2.84. The molecule has 0 amide bonds. The van der Waals surface area contributed by atoms with Crippen LogP contribution in [0.4, 0.5) is 0 Å². The summed E-state index contributed by atoms with van der Waals surface area (Å²) in [4.78, 5) is 26.3. The van der Waals surface area contributed by atoms with Gasteiger partial charge in [-0.25, -0.2) is 0 Å². The number of pyridine rings is 1. The Morgan fingerprint density at radius 2 is 1.38 bits per heavy atom. The third-order valence-corrected chi connectivity index (χ3v) is 6.90. The summed E-state index contributed by atoms with van der Waals surface area (Å²) in [6.07, 6.45) is 3.32. The summed E-state index contributed by atoms with van der Waals surface area (Å²) < 4.78 is 3.68. The van der Waals surface area contributed by atoms with E-state index in [1.807, 2.05) is 36.4 Å². The Hall–Kier alpha value is -2.76. The van der Waals surface area contributed by atoms with Crippen molar-refractivity contribution in [3.05, 3.63) is 69.2 Å². The van der Waals surface area contributed by atoms with Crippen LogP contribution in [-0.4, -0.2) is 16.3 Å². The van der Waals surface area contributed by atoms with Crippen LogP contribution in [0.3, 0.4) is 0 Å². The Kier molecular flexibility index (Phi) is 4.57. The van der Waals surface area contributed by atoms with Crippen LogP contribution in [0.2, 0.25) is 0 Å². The van der Waals surface area contributed by atoms with E-state index >= 15 is 0 Å². The standard InChI is InChI=1S/C24H21NO3S/c26-14-6-2-1-5-13-25-23(27)17-10-9-16-15-7-3-4-8-19(15)29-20-12-11-18(24(25)28)21(17)22(16)20/h3-4,7-12,26H,1-2,5-6,13-14H2. The first-order valence-corrected chi connectivity index (χ1v) is 10.9. The van der Waals surface area contributed by atoms with Gasteiger partial charge < -0.3 is 5.11 Å². The van der Waals surface area contributed by atoms with Gasteiger partial charge in [0.2, 0.25) is 0 Å². The topological polar surface area (TPSA) is 59.3 Å². The highest BCUT2D eigenvalue weighted by Crippen LogP contribution is 2.39. The zero-order valence-corrected chi connectivity index (χ0v) is 16.8. The van der Waals surface area contributed by atoms with E-state index in [-0.39, 0.29) is 17.7 Å². The van der Waals surface area contributed by atoms with Crippen LogP contribution in [0, 0.1) is 0 Å². The lowest BCUT2D eigenvalue weighted by atomic mass is 9.97. The molecule has 0 spiro atoms. The Labute approximate surface area is 171 Å². The SMILES string of the molecule is O=c1c2ccc3sc4ccccc4c4ccc(c(=O)n1CCCCCCO)c2c34. The Morgan fingerprint density at radius 3 is 2.17 bits per heavy atom. The minimum Gasteiger partial charge on any atom is -0.396 e. The lowest BCUT2D eigenvalue weighted by Crippen LogP contribution is -2.33. The molecule has 3 aromatic carbocycles. The number of unbranched alkanes of at least 4 members (excludes halogenated alkanes) is 3. The maximum absolute atomic E-state index is 13.2. The number of rotatable bonds is 6. The van der Waals surface area contributed by atoms with Crippen LogP contribution in [0.5, 0.6) is 0 Å². The van der Waals surface area contributed by atoms with Crippen LogP contribution in [-0.2, 0) is 6.54 Å². The van der Waals surface area contributed by atoms with Crippen molar-refractivity contribution in [1.29, 1.82) is 0 Å². The molecule has 0 aliphatic heterocycles. The minimum atomic E-state index is -0.197. The van der Waals surface area contributed by atoms with Crippen LogP contribution in [0.15, 0.2) is 58.1 Å². The third-order valence-electron chi connectivity index (χ3n) is 5.76. The van der Waals surface area contributed by atoms with E-state index < -0.39 is 0 Å². The van der Waals surface area contributed by atoms with Gasteiger partial charge in [-0.1, -0.05) is 37.1 Å². The molecule has 0 saturated carbocycles. The maximum Gasteiger partial charge on any atom is 0.261 e. The van der Waals surface area contributed by atoms with Gasteiger partial charge in [-0.15, -0.1) is 11.3 Å². The fourth-order valence-corrected chi connectivity index (χ4v) is 5.47. The number of aromatic nitrogens is 1. The van der Waals surface area contributed by atoms with Crippen molar-refractivity contribution in [2.75, 3.05) is 6.61 Å². The molecule has 2 aromatic heterocycles. The molecule has 0 bridgehead atoms. The fraction of sp³-hybridized carbons (Fsp3) is 0.250. The molecule has 0 unspecified atom stereocenters. The van der Waals surface area contributed by atoms with Gasteiger partial charge in [-0.3, -0.25) is 14.2 Å². The highest BCUT2D eigenvalue weighted by Gasteiger charge is 2.17. The van der Waals surface area contributed by atoms with Gasteiger partial charge in [0.25, 0.3) is 11.1 Å². The van der Waals surface area contributed by atoms with Crippen LogP contribution < -0.4 is 11.1 Å². The Morgan fingerprint density at radius 1 is 0.690 bits per heavy atom. The van der Waals surface area contributed by atoms with Crippen molar-refractivity contribution in [1.82, 2.24) is 4.57 Å². The summed E-state index contributed by atoms with van der Waals surface area (Å²) in [6.45, 7) is 0.605. The number of hydrogen-bond donors (Lipinski definition) is 1. The van der Waals surface area contributed by atoms with Crippen LogP contribution >= 0.6 is 11.3 Å². The first-order valence-electron chi connectivity index (χ1n) is 10.0. The molecule has 5 rings (SSSR count). The smallest absolute Gasteiger partial charge is 0.261 e. The predicted octanol–water partition coefficient (Wildman–Crippen LogP) is 4.87. The molecule has 1 N–H and O–H groups in total. The van der Waals surface area contributed by atoms with E-state index in [9.17, 15) is 9.59 Å². The first kappa shape index (κ1) is 18.3. The van der Waals surface area contributed by atoms with Gasteiger partial charge in [0.15, 0.2) is 0 Å². The van der Waals surface area contributed by atoms with Gasteiger partial charge >= 0.3 is 0 Å². The van der Waals surface area contributed by atoms with E-state index in [0.29, 0.717) is 17.3 Å². The van der Waals surface area contributed by atoms with E-state index in [0.717, 1.165) is 51.9 Å². The molecule has 0 atom stereocenters. The number of nitrogens with zero attached hydrogens (tertiary/aromatic N) is 1. The van der Waals surface area contributed by atoms with Crippen LogP contribution in [0.1, 0.15) is 25.7 Å². The summed E-state index contributed by atoms with van der Waals surface area (Å²) >= 11 is 1.70. The highest BCUT2D eigenvalue weighted by molar-refractivity contribution is 7.25. The van der Waals surface area contributed by atoms with Gasteiger partial charge in [0.1, 0.15) is 0 Å². The second kappa shape index (κ2) is 7.25. The Balaban J connectivity index is 1.76. The molecule has 29 heavy (non-hydrogen) atoms. The van der Waals surface area contributed by atoms with E-state index in [2.05, 4.69) is 12.1 Å². The largest absolute Gasteiger partial charge is 0.396 e. The van der Waals surface area contributed by atoms with Crippen LogP contribution in [0.25, 0.3) is 41.7 Å². The summed E-state index contributed by atoms with van der Waals surface area (Å²) in [6, 6.07) is 16.1. The van der Waals surface area contributed by atoms with Crippen molar-refractivity contribution in [3.8, 4) is 0 Å². The molecule has 0 radical (unpaired) electrons. The van der Waals surface area contributed by atoms with Gasteiger partial charge in [0.05, 0.1) is 0 Å². The molecule has 146 valence electrons.